The molecule has 5 nitrogen and oxygen atoms in total. The molecular weight excluding hydrogens is 323 g/mol. The van der Waals surface area contributed by atoms with Gasteiger partial charge in [-0.25, -0.2) is 4.98 Å². The van der Waals surface area contributed by atoms with Crippen LogP contribution in [-0.4, -0.2) is 24.2 Å². The van der Waals surface area contributed by atoms with Crippen molar-refractivity contribution in [3.63, 3.8) is 0 Å². The van der Waals surface area contributed by atoms with E-state index in [2.05, 4.69) is 4.98 Å². The minimum Gasteiger partial charge on any atom is -0.481 e. The third kappa shape index (κ3) is 4.18. The second kappa shape index (κ2) is 7.11. The molecule has 0 atom stereocenters. The number of amides is 1. The number of anilines is 1. The zero-order chi connectivity index (χ0) is 17.9. The number of nitrogens with zero attached hydrogens (tertiary/aromatic N) is 1. The predicted octanol–water partition coefficient (Wildman–Crippen LogP) is 3.15. The normalized spacial score (nSPS) is 21.8. The van der Waals surface area contributed by atoms with Gasteiger partial charge in [-0.2, -0.15) is 13.2 Å². The number of carbonyl (C=O) groups excluding carboxylic acids is 1. The highest BCUT2D eigenvalue weighted by Crippen LogP contribution is 2.40. The molecule has 1 fully saturated rings. The Hall–Kier alpha value is -2.25. The highest BCUT2D eigenvalue weighted by Gasteiger charge is 2.40. The lowest BCUT2D eigenvalue weighted by Gasteiger charge is -2.28. The maximum atomic E-state index is 12.7. The maximum absolute atomic E-state index is 12.7. The predicted molar refractivity (Wildman–Crippen MR) is 84.3 cm³/mol. The Morgan fingerprint density at radius 3 is 2.46 bits per heavy atom. The summed E-state index contributed by atoms with van der Waals surface area (Å²) in [6, 6.07) is 1.52. The Balaban J connectivity index is 2.10. The van der Waals surface area contributed by atoms with Gasteiger partial charge in [0.15, 0.2) is 5.69 Å². The molecule has 0 aliphatic heterocycles. The first kappa shape index (κ1) is 18.1. The molecule has 132 valence electrons. The van der Waals surface area contributed by atoms with Crippen molar-refractivity contribution in [2.45, 2.75) is 31.9 Å². The monoisotopic (exact) mass is 343 g/mol. The third-order valence-corrected chi connectivity index (χ3v) is 4.25. The summed E-state index contributed by atoms with van der Waals surface area (Å²) in [6.07, 6.45) is 0.672. The lowest BCUT2D eigenvalue weighted by Crippen LogP contribution is -2.27. The molecule has 1 aromatic rings. The Morgan fingerprint density at radius 1 is 1.33 bits per heavy atom. The highest BCUT2D eigenvalue weighted by atomic mass is 19.4. The molecule has 1 aliphatic carbocycles. The average Bonchev–Trinajstić information content (AvgIpc) is 2.52. The van der Waals surface area contributed by atoms with Crippen LogP contribution in [0.5, 0.6) is 5.88 Å². The minimum absolute atomic E-state index is 0.0605. The van der Waals surface area contributed by atoms with E-state index in [0.717, 1.165) is 0 Å². The highest BCUT2D eigenvalue weighted by molar-refractivity contribution is 5.96. The molecule has 1 aliphatic rings. The fraction of sp³-hybridized carbons (Fsp3) is 0.500. The summed E-state index contributed by atoms with van der Waals surface area (Å²) in [6.45, 7) is 0. The van der Waals surface area contributed by atoms with Crippen LogP contribution in [-0.2, 0) is 0 Å². The van der Waals surface area contributed by atoms with Gasteiger partial charge in [0.2, 0.25) is 5.88 Å². The number of halogens is 3. The van der Waals surface area contributed by atoms with Crippen LogP contribution in [0.1, 0.15) is 41.7 Å². The molecule has 8 heteroatoms. The zero-order valence-corrected chi connectivity index (χ0v) is 13.3. The third-order valence-electron chi connectivity index (χ3n) is 4.25. The van der Waals surface area contributed by atoms with Crippen molar-refractivity contribution in [2.75, 3.05) is 12.8 Å². The van der Waals surface area contributed by atoms with Crippen molar-refractivity contribution >= 4 is 17.7 Å². The van der Waals surface area contributed by atoms with Gasteiger partial charge in [0, 0.05) is 5.56 Å². The van der Waals surface area contributed by atoms with E-state index in [1.165, 1.54) is 13.2 Å². The van der Waals surface area contributed by atoms with Gasteiger partial charge in [0.05, 0.1) is 18.7 Å². The first-order chi connectivity index (χ1) is 11.2. The van der Waals surface area contributed by atoms with Crippen molar-refractivity contribution in [2.24, 2.45) is 17.6 Å². The van der Waals surface area contributed by atoms with Gasteiger partial charge in [-0.15, -0.1) is 0 Å². The first-order valence-electron chi connectivity index (χ1n) is 7.61. The Bertz CT molecular complexity index is 636. The molecular formula is C16H20F3N3O2. The number of rotatable bonds is 4. The molecule has 1 aromatic heterocycles. The minimum atomic E-state index is -4.11. The summed E-state index contributed by atoms with van der Waals surface area (Å²) in [5.41, 5.74) is 11.5. The van der Waals surface area contributed by atoms with Crippen LogP contribution in [0.25, 0.3) is 6.08 Å². The van der Waals surface area contributed by atoms with Gasteiger partial charge in [0.25, 0.3) is 5.91 Å². The first-order valence-corrected chi connectivity index (χ1v) is 7.61. The van der Waals surface area contributed by atoms with Crippen LogP contribution in [0.15, 0.2) is 12.1 Å². The molecule has 0 saturated heterocycles. The van der Waals surface area contributed by atoms with Crippen LogP contribution in [0, 0.1) is 11.8 Å². The Kier molecular flexibility index (Phi) is 5.36. The second-order valence-corrected chi connectivity index (χ2v) is 5.90. The lowest BCUT2D eigenvalue weighted by atomic mass is 9.81. The zero-order valence-electron chi connectivity index (χ0n) is 13.3. The summed E-state index contributed by atoms with van der Waals surface area (Å²) in [5, 5.41) is 0. The van der Waals surface area contributed by atoms with Gasteiger partial charge >= 0.3 is 6.18 Å². The van der Waals surface area contributed by atoms with Crippen molar-refractivity contribution in [3.8, 4) is 5.88 Å². The molecule has 0 bridgehead atoms. The number of hydrogen-bond donors (Lipinski definition) is 2. The van der Waals surface area contributed by atoms with Crippen molar-refractivity contribution < 1.29 is 22.7 Å². The van der Waals surface area contributed by atoms with E-state index in [-0.39, 0.29) is 36.0 Å². The number of hydrogen-bond acceptors (Lipinski definition) is 4. The van der Waals surface area contributed by atoms with Gasteiger partial charge < -0.3 is 16.2 Å². The SMILES string of the molecule is COc1nc(C(N)=O)c(N)cc1/C=C/[C@H]1CC[C@H](C(F)(F)F)CC1. The van der Waals surface area contributed by atoms with E-state index in [0.29, 0.717) is 18.4 Å². The van der Waals surface area contributed by atoms with Crippen LogP contribution >= 0.6 is 0 Å². The second-order valence-electron chi connectivity index (χ2n) is 5.90. The standard InChI is InChI=1S/C16H20F3N3O2/c1-24-15-10(8-12(20)13(22-15)14(21)23)5-2-9-3-6-11(7-4-9)16(17,18)19/h2,5,8-9,11H,3-4,6-7,20H2,1H3,(H2,21,23)/b5-2+/t9-,11-. The number of methoxy groups -OCH3 is 1. The summed E-state index contributed by atoms with van der Waals surface area (Å²) in [5.74, 6) is -1.71. The fourth-order valence-electron chi connectivity index (χ4n) is 2.89. The van der Waals surface area contributed by atoms with Gasteiger partial charge in [-0.05, 0) is 37.7 Å². The summed E-state index contributed by atoms with van der Waals surface area (Å²) < 4.78 is 43.1. The van der Waals surface area contributed by atoms with Crippen molar-refractivity contribution in [1.29, 1.82) is 0 Å². The Labute approximate surface area is 137 Å². The number of primary amides is 1. The lowest BCUT2D eigenvalue weighted by molar-refractivity contribution is -0.183. The molecule has 0 unspecified atom stereocenters. The molecule has 2 rings (SSSR count). The number of alkyl halides is 3. The summed E-state index contributed by atoms with van der Waals surface area (Å²) in [7, 11) is 1.40. The van der Waals surface area contributed by atoms with Crippen LogP contribution in [0.3, 0.4) is 0 Å². The van der Waals surface area contributed by atoms with Gasteiger partial charge in [-0.3, -0.25) is 4.79 Å². The van der Waals surface area contributed by atoms with Crippen LogP contribution in [0.4, 0.5) is 18.9 Å². The van der Waals surface area contributed by atoms with Gasteiger partial charge in [-0.1, -0.05) is 12.2 Å². The number of allylic oxidation sites excluding steroid dienone is 1. The topological polar surface area (TPSA) is 91.2 Å². The summed E-state index contributed by atoms with van der Waals surface area (Å²) >= 11 is 0. The smallest absolute Gasteiger partial charge is 0.391 e. The average molecular weight is 343 g/mol. The van der Waals surface area contributed by atoms with Crippen molar-refractivity contribution in [1.82, 2.24) is 4.98 Å². The number of nitrogen functional groups attached to an aromatic ring is 1. The number of carbonyl (C=O) groups is 1. The van der Waals surface area contributed by atoms with Crippen LogP contribution in [0.2, 0.25) is 0 Å². The van der Waals surface area contributed by atoms with E-state index >= 15 is 0 Å². The number of ether oxygens (including phenoxy) is 1. The van der Waals surface area contributed by atoms with E-state index in [4.69, 9.17) is 16.2 Å². The van der Waals surface area contributed by atoms with Crippen molar-refractivity contribution in [3.05, 3.63) is 23.4 Å². The number of aromatic nitrogens is 1. The molecule has 0 aromatic carbocycles. The molecule has 1 amide bonds. The number of pyridine rings is 1. The molecule has 1 heterocycles. The fourth-order valence-corrected chi connectivity index (χ4v) is 2.89. The van der Waals surface area contributed by atoms with Crippen LogP contribution < -0.4 is 16.2 Å². The molecule has 0 spiro atoms. The molecule has 4 N–H and O–H groups in total. The van der Waals surface area contributed by atoms with E-state index < -0.39 is 18.0 Å². The molecule has 24 heavy (non-hydrogen) atoms. The molecule has 0 radical (unpaired) electrons. The van der Waals surface area contributed by atoms with E-state index in [1.807, 2.05) is 6.08 Å². The molecule has 1 saturated carbocycles. The quantitative estimate of drug-likeness (QED) is 0.878. The summed E-state index contributed by atoms with van der Waals surface area (Å²) in [4.78, 5) is 15.2. The van der Waals surface area contributed by atoms with E-state index in [9.17, 15) is 18.0 Å². The number of nitrogens with two attached hydrogens (primary N) is 2. The maximum Gasteiger partial charge on any atom is 0.391 e. The van der Waals surface area contributed by atoms with Gasteiger partial charge in [0.1, 0.15) is 0 Å². The largest absolute Gasteiger partial charge is 0.481 e. The Morgan fingerprint density at radius 2 is 1.96 bits per heavy atom. The van der Waals surface area contributed by atoms with E-state index in [1.54, 1.807) is 6.08 Å².